The van der Waals surface area contributed by atoms with Crippen molar-refractivity contribution in [3.63, 3.8) is 0 Å². The molecule has 0 radical (unpaired) electrons. The zero-order valence-electron chi connectivity index (χ0n) is 19.8. The average molecular weight is 474 g/mol. The summed E-state index contributed by atoms with van der Waals surface area (Å²) in [6.45, 7) is 2.36. The molecule has 180 valence electrons. The SMILES string of the molecule is COc1ccc(-c2ccc3nc(N)nc(N(CCN)C(=O)Nc4cccc(C)c4)c3n2)cc1OC. The third kappa shape index (κ3) is 5.07. The summed E-state index contributed by atoms with van der Waals surface area (Å²) >= 11 is 0. The molecule has 5 N–H and O–H groups in total. The third-order valence-electron chi connectivity index (χ3n) is 5.34. The number of aryl methyl sites for hydroxylation is 1. The van der Waals surface area contributed by atoms with Gasteiger partial charge in [-0.25, -0.2) is 14.8 Å². The fourth-order valence-corrected chi connectivity index (χ4v) is 3.71. The molecule has 0 saturated carbocycles. The van der Waals surface area contributed by atoms with E-state index in [-0.39, 0.29) is 24.9 Å². The number of hydrogen-bond acceptors (Lipinski definition) is 8. The number of nitrogens with one attached hydrogen (secondary N) is 1. The van der Waals surface area contributed by atoms with E-state index in [1.54, 1.807) is 26.4 Å². The van der Waals surface area contributed by atoms with E-state index in [9.17, 15) is 4.79 Å². The van der Waals surface area contributed by atoms with Crippen LogP contribution in [0.2, 0.25) is 0 Å². The third-order valence-corrected chi connectivity index (χ3v) is 5.34. The van der Waals surface area contributed by atoms with Gasteiger partial charge in [0.1, 0.15) is 5.52 Å². The van der Waals surface area contributed by atoms with Crippen molar-refractivity contribution in [1.29, 1.82) is 0 Å². The van der Waals surface area contributed by atoms with Crippen molar-refractivity contribution in [2.24, 2.45) is 5.73 Å². The first-order valence-electron chi connectivity index (χ1n) is 11.0. The van der Waals surface area contributed by atoms with Crippen LogP contribution in [-0.2, 0) is 0 Å². The lowest BCUT2D eigenvalue weighted by atomic mass is 10.1. The number of hydrogen-bond donors (Lipinski definition) is 3. The average Bonchev–Trinajstić information content (AvgIpc) is 2.86. The minimum absolute atomic E-state index is 0.0264. The molecule has 0 aliphatic carbocycles. The van der Waals surface area contributed by atoms with Gasteiger partial charge in [0.15, 0.2) is 17.3 Å². The standard InChI is InChI=1S/C25H27N7O3/c1-15-5-4-6-17(13-15)28-25(33)32(12-11-26)23-22-19(30-24(27)31-23)9-8-18(29-22)16-7-10-20(34-2)21(14-16)35-3/h4-10,13-14H,11-12,26H2,1-3H3,(H,28,33)(H2,27,30,31). The van der Waals surface area contributed by atoms with Crippen LogP contribution in [-0.4, -0.2) is 48.3 Å². The molecule has 10 nitrogen and oxygen atoms in total. The molecule has 2 aromatic heterocycles. The van der Waals surface area contributed by atoms with Gasteiger partial charge in [-0.3, -0.25) is 4.90 Å². The molecule has 0 bridgehead atoms. The van der Waals surface area contributed by atoms with Gasteiger partial charge in [-0.2, -0.15) is 4.98 Å². The number of benzene rings is 2. The van der Waals surface area contributed by atoms with Crippen LogP contribution in [0, 0.1) is 6.92 Å². The number of amides is 2. The lowest BCUT2D eigenvalue weighted by molar-refractivity contribution is 0.257. The van der Waals surface area contributed by atoms with Crippen molar-refractivity contribution in [1.82, 2.24) is 15.0 Å². The van der Waals surface area contributed by atoms with Crippen molar-refractivity contribution < 1.29 is 14.3 Å². The van der Waals surface area contributed by atoms with Crippen LogP contribution >= 0.6 is 0 Å². The highest BCUT2D eigenvalue weighted by molar-refractivity contribution is 6.05. The normalized spacial score (nSPS) is 10.7. The highest BCUT2D eigenvalue weighted by Gasteiger charge is 2.22. The number of ether oxygens (including phenoxy) is 2. The van der Waals surface area contributed by atoms with Crippen molar-refractivity contribution in [3.8, 4) is 22.8 Å². The number of aromatic nitrogens is 3. The predicted molar refractivity (Wildman–Crippen MR) is 137 cm³/mol. The number of urea groups is 1. The largest absolute Gasteiger partial charge is 0.493 e. The van der Waals surface area contributed by atoms with Gasteiger partial charge < -0.3 is 26.3 Å². The minimum atomic E-state index is -0.404. The van der Waals surface area contributed by atoms with E-state index < -0.39 is 6.03 Å². The number of anilines is 3. The monoisotopic (exact) mass is 473 g/mol. The second-order valence-electron chi connectivity index (χ2n) is 7.78. The van der Waals surface area contributed by atoms with Crippen LogP contribution in [0.3, 0.4) is 0 Å². The first kappa shape index (κ1) is 23.7. The summed E-state index contributed by atoms with van der Waals surface area (Å²) in [6.07, 6.45) is 0. The summed E-state index contributed by atoms with van der Waals surface area (Å²) in [5.74, 6) is 1.47. The molecule has 2 amide bonds. The van der Waals surface area contributed by atoms with Gasteiger partial charge in [0, 0.05) is 24.3 Å². The topological polar surface area (TPSA) is 142 Å². The van der Waals surface area contributed by atoms with E-state index in [0.29, 0.717) is 33.9 Å². The van der Waals surface area contributed by atoms with Crippen LogP contribution in [0.25, 0.3) is 22.3 Å². The molecule has 4 aromatic rings. The molecule has 0 fully saturated rings. The first-order valence-corrected chi connectivity index (χ1v) is 11.0. The van der Waals surface area contributed by atoms with Crippen LogP contribution in [0.15, 0.2) is 54.6 Å². The Kier molecular flexibility index (Phi) is 6.93. The lowest BCUT2D eigenvalue weighted by Gasteiger charge is -2.23. The first-order chi connectivity index (χ1) is 16.9. The number of pyridine rings is 1. The number of carbonyl (C=O) groups excluding carboxylic acids is 1. The van der Waals surface area contributed by atoms with Gasteiger partial charge in [-0.05, 0) is 55.0 Å². The molecule has 0 aliphatic heterocycles. The molecule has 10 heteroatoms. The number of rotatable bonds is 7. The Balaban J connectivity index is 1.79. The summed E-state index contributed by atoms with van der Waals surface area (Å²) < 4.78 is 10.8. The molecular weight excluding hydrogens is 446 g/mol. The van der Waals surface area contributed by atoms with Crippen LogP contribution in [0.1, 0.15) is 5.56 Å². The summed E-state index contributed by atoms with van der Waals surface area (Å²) in [6, 6.07) is 16.2. The zero-order chi connectivity index (χ0) is 24.9. The summed E-state index contributed by atoms with van der Waals surface area (Å²) in [4.78, 5) is 28.2. The molecule has 0 unspecified atom stereocenters. The predicted octanol–water partition coefficient (Wildman–Crippen LogP) is 3.60. The Hall–Kier alpha value is -4.44. The number of nitrogens with two attached hydrogens (primary N) is 2. The summed E-state index contributed by atoms with van der Waals surface area (Å²) in [5, 5.41) is 2.90. The Bertz CT molecular complexity index is 1380. The molecule has 0 aliphatic rings. The Morgan fingerprint density at radius 2 is 1.80 bits per heavy atom. The molecule has 0 saturated heterocycles. The maximum atomic E-state index is 13.3. The van der Waals surface area contributed by atoms with Gasteiger partial charge in [-0.15, -0.1) is 0 Å². The molecule has 2 heterocycles. The molecule has 2 aromatic carbocycles. The maximum absolute atomic E-state index is 13.3. The van der Waals surface area contributed by atoms with E-state index in [1.807, 2.05) is 49.4 Å². The smallest absolute Gasteiger partial charge is 0.327 e. The van der Waals surface area contributed by atoms with Gasteiger partial charge >= 0.3 is 6.03 Å². The number of nitrogen functional groups attached to an aromatic ring is 1. The zero-order valence-corrected chi connectivity index (χ0v) is 19.8. The second-order valence-corrected chi connectivity index (χ2v) is 7.78. The Morgan fingerprint density at radius 1 is 1.00 bits per heavy atom. The van der Waals surface area contributed by atoms with Gasteiger partial charge in [0.25, 0.3) is 0 Å². The van der Waals surface area contributed by atoms with Crippen LogP contribution in [0.5, 0.6) is 11.5 Å². The highest BCUT2D eigenvalue weighted by atomic mass is 16.5. The fourth-order valence-electron chi connectivity index (χ4n) is 3.71. The van der Waals surface area contributed by atoms with Crippen LogP contribution < -0.4 is 31.2 Å². The van der Waals surface area contributed by atoms with E-state index in [2.05, 4.69) is 15.3 Å². The Morgan fingerprint density at radius 3 is 2.51 bits per heavy atom. The number of fused-ring (bicyclic) bond motifs is 1. The molecule has 4 rings (SSSR count). The summed E-state index contributed by atoms with van der Waals surface area (Å²) in [5.41, 5.74) is 15.8. The van der Waals surface area contributed by atoms with Crippen molar-refractivity contribution in [2.75, 3.05) is 43.3 Å². The van der Waals surface area contributed by atoms with E-state index in [1.165, 1.54) is 4.90 Å². The van der Waals surface area contributed by atoms with Crippen molar-refractivity contribution in [2.45, 2.75) is 6.92 Å². The van der Waals surface area contributed by atoms with Gasteiger partial charge in [0.05, 0.1) is 25.4 Å². The highest BCUT2D eigenvalue weighted by Crippen LogP contribution is 2.33. The quantitative estimate of drug-likeness (QED) is 0.370. The van der Waals surface area contributed by atoms with Crippen LogP contribution in [0.4, 0.5) is 22.2 Å². The number of nitrogens with zero attached hydrogens (tertiary/aromatic N) is 4. The molecule has 35 heavy (non-hydrogen) atoms. The number of carbonyl (C=O) groups is 1. The van der Waals surface area contributed by atoms with E-state index in [4.69, 9.17) is 25.9 Å². The fraction of sp³-hybridized carbons (Fsp3) is 0.200. The van der Waals surface area contributed by atoms with Crippen molar-refractivity contribution >= 4 is 34.5 Å². The van der Waals surface area contributed by atoms with E-state index >= 15 is 0 Å². The molecule has 0 atom stereocenters. The minimum Gasteiger partial charge on any atom is -0.493 e. The lowest BCUT2D eigenvalue weighted by Crippen LogP contribution is -2.39. The van der Waals surface area contributed by atoms with Gasteiger partial charge in [0.2, 0.25) is 5.95 Å². The number of methoxy groups -OCH3 is 2. The van der Waals surface area contributed by atoms with Crippen molar-refractivity contribution in [3.05, 3.63) is 60.2 Å². The molecule has 0 spiro atoms. The second kappa shape index (κ2) is 10.2. The maximum Gasteiger partial charge on any atom is 0.327 e. The molecular formula is C25H27N7O3. The van der Waals surface area contributed by atoms with Gasteiger partial charge in [-0.1, -0.05) is 12.1 Å². The Labute approximate surface area is 202 Å². The summed E-state index contributed by atoms with van der Waals surface area (Å²) in [7, 11) is 3.15. The van der Waals surface area contributed by atoms with E-state index in [0.717, 1.165) is 11.1 Å².